The zero-order valence-electron chi connectivity index (χ0n) is 16.4. The first-order valence-corrected chi connectivity index (χ1v) is 10.5. The number of amides is 1. The summed E-state index contributed by atoms with van der Waals surface area (Å²) in [5, 5.41) is 3.71. The van der Waals surface area contributed by atoms with E-state index >= 15 is 0 Å². The highest BCUT2D eigenvalue weighted by Gasteiger charge is 2.34. The Balaban J connectivity index is 1.78. The van der Waals surface area contributed by atoms with Crippen molar-refractivity contribution in [1.82, 2.24) is 0 Å². The predicted octanol–water partition coefficient (Wildman–Crippen LogP) is 3.62. The minimum atomic E-state index is -0.336. The molecule has 2 aliphatic rings. The van der Waals surface area contributed by atoms with Crippen LogP contribution in [0.25, 0.3) is 0 Å². The molecule has 5 nitrogen and oxygen atoms in total. The lowest BCUT2D eigenvalue weighted by molar-refractivity contribution is -0.906. The van der Waals surface area contributed by atoms with E-state index in [1.807, 2.05) is 0 Å². The normalized spacial score (nSPS) is 20.7. The summed E-state index contributed by atoms with van der Waals surface area (Å²) in [4.78, 5) is 26.3. The number of ether oxygens (including phenoxy) is 1. The van der Waals surface area contributed by atoms with Crippen molar-refractivity contribution in [3.63, 3.8) is 0 Å². The van der Waals surface area contributed by atoms with Crippen molar-refractivity contribution >= 4 is 28.2 Å². The summed E-state index contributed by atoms with van der Waals surface area (Å²) in [5.74, 6) is 0.267. The van der Waals surface area contributed by atoms with Crippen molar-refractivity contribution in [3.8, 4) is 0 Å². The molecule has 0 saturated heterocycles. The second kappa shape index (κ2) is 7.69. The number of carbonyl (C=O) groups is 2. The fourth-order valence-electron chi connectivity index (χ4n) is 4.43. The molecule has 1 fully saturated rings. The van der Waals surface area contributed by atoms with Crippen LogP contribution in [0.3, 0.4) is 0 Å². The van der Waals surface area contributed by atoms with Crippen LogP contribution in [-0.2, 0) is 22.4 Å². The maximum absolute atomic E-state index is 12.8. The Labute approximate surface area is 160 Å². The van der Waals surface area contributed by atoms with Crippen LogP contribution in [0.1, 0.15) is 59.8 Å². The number of rotatable bonds is 5. The molecular weight excluding hydrogens is 348 g/mol. The number of nitrogens with zero attached hydrogens (tertiary/aromatic N) is 1. The van der Waals surface area contributed by atoms with Crippen molar-refractivity contribution in [2.45, 2.75) is 57.9 Å². The number of methoxy groups -OCH3 is 1. The molecule has 0 radical (unpaired) electrons. The number of anilines is 1. The van der Waals surface area contributed by atoms with Crippen LogP contribution in [0, 0.1) is 5.92 Å². The summed E-state index contributed by atoms with van der Waals surface area (Å²) in [5.41, 5.74) is 1.67. The molecule has 1 amide bonds. The third kappa shape index (κ3) is 3.96. The van der Waals surface area contributed by atoms with Gasteiger partial charge in [-0.1, -0.05) is 6.92 Å². The van der Waals surface area contributed by atoms with E-state index in [0.29, 0.717) is 33.6 Å². The number of hydrogen-bond donors (Lipinski definition) is 1. The number of esters is 1. The van der Waals surface area contributed by atoms with Gasteiger partial charge in [0.2, 0.25) is 0 Å². The van der Waals surface area contributed by atoms with Gasteiger partial charge in [0.15, 0.2) is 6.54 Å². The molecule has 2 aliphatic carbocycles. The van der Waals surface area contributed by atoms with Gasteiger partial charge >= 0.3 is 5.97 Å². The van der Waals surface area contributed by atoms with E-state index < -0.39 is 0 Å². The molecule has 0 aliphatic heterocycles. The van der Waals surface area contributed by atoms with Crippen LogP contribution in [-0.4, -0.2) is 50.2 Å². The molecule has 0 bridgehead atoms. The largest absolute Gasteiger partial charge is 0.465 e. The highest BCUT2D eigenvalue weighted by atomic mass is 32.1. The summed E-state index contributed by atoms with van der Waals surface area (Å²) >= 11 is 1.56. The number of likely N-dealkylation sites (N-methyl/N-ethyl adjacent to an activating group) is 1. The van der Waals surface area contributed by atoms with Gasteiger partial charge < -0.3 is 14.5 Å². The maximum atomic E-state index is 12.8. The molecule has 1 saturated carbocycles. The van der Waals surface area contributed by atoms with Gasteiger partial charge in [0.1, 0.15) is 5.00 Å². The monoisotopic (exact) mass is 379 g/mol. The van der Waals surface area contributed by atoms with Gasteiger partial charge in [-0.15, -0.1) is 11.3 Å². The molecule has 0 aromatic carbocycles. The summed E-state index contributed by atoms with van der Waals surface area (Å²) in [6.45, 7) is 2.67. The van der Waals surface area contributed by atoms with Gasteiger partial charge in [0, 0.05) is 4.88 Å². The minimum Gasteiger partial charge on any atom is -0.465 e. The Morgan fingerprint density at radius 1 is 1.23 bits per heavy atom. The molecule has 6 heteroatoms. The second-order valence-electron chi connectivity index (χ2n) is 8.47. The van der Waals surface area contributed by atoms with Gasteiger partial charge in [-0.05, 0) is 56.4 Å². The molecule has 26 heavy (non-hydrogen) atoms. The molecule has 1 atom stereocenters. The second-order valence-corrected chi connectivity index (χ2v) is 9.58. The number of fused-ring (bicyclic) bond motifs is 1. The lowest BCUT2D eigenvalue weighted by atomic mass is 9.88. The first-order chi connectivity index (χ1) is 12.3. The first-order valence-electron chi connectivity index (χ1n) is 9.67. The third-order valence-corrected chi connectivity index (χ3v) is 7.19. The van der Waals surface area contributed by atoms with Crippen molar-refractivity contribution < 1.29 is 18.8 Å². The topological polar surface area (TPSA) is 55.4 Å². The average molecular weight is 380 g/mol. The molecule has 1 aromatic rings. The molecule has 144 valence electrons. The van der Waals surface area contributed by atoms with Crippen molar-refractivity contribution in [3.05, 3.63) is 16.0 Å². The van der Waals surface area contributed by atoms with Crippen molar-refractivity contribution in [2.75, 3.05) is 33.1 Å². The fraction of sp³-hybridized carbons (Fsp3) is 0.700. The van der Waals surface area contributed by atoms with Crippen LogP contribution in [0.4, 0.5) is 5.00 Å². The van der Waals surface area contributed by atoms with Crippen LogP contribution in [0.2, 0.25) is 0 Å². The zero-order valence-corrected chi connectivity index (χ0v) is 17.2. The Hall–Kier alpha value is -1.40. The quantitative estimate of drug-likeness (QED) is 0.628. The minimum absolute atomic E-state index is 0.0151. The fourth-order valence-corrected chi connectivity index (χ4v) is 5.84. The average Bonchev–Trinajstić information content (AvgIpc) is 3.21. The maximum Gasteiger partial charge on any atom is 0.341 e. The molecule has 1 N–H and O–H groups in total. The van der Waals surface area contributed by atoms with E-state index in [1.54, 1.807) is 11.3 Å². The highest BCUT2D eigenvalue weighted by molar-refractivity contribution is 7.17. The van der Waals surface area contributed by atoms with E-state index in [-0.39, 0.29) is 11.9 Å². The summed E-state index contributed by atoms with van der Waals surface area (Å²) < 4.78 is 5.71. The third-order valence-electron chi connectivity index (χ3n) is 6.02. The Kier molecular flexibility index (Phi) is 5.72. The Morgan fingerprint density at radius 3 is 2.58 bits per heavy atom. The van der Waals surface area contributed by atoms with Crippen LogP contribution >= 0.6 is 11.3 Å². The Bertz CT molecular complexity index is 689. The van der Waals surface area contributed by atoms with Gasteiger partial charge in [-0.3, -0.25) is 4.79 Å². The lowest BCUT2D eigenvalue weighted by Gasteiger charge is -2.35. The van der Waals surface area contributed by atoms with Gasteiger partial charge in [0.05, 0.1) is 32.8 Å². The molecule has 1 aromatic heterocycles. The number of quaternary nitrogens is 1. The molecule has 0 unspecified atom stereocenters. The smallest absolute Gasteiger partial charge is 0.341 e. The van der Waals surface area contributed by atoms with Crippen LogP contribution < -0.4 is 5.32 Å². The van der Waals surface area contributed by atoms with Crippen molar-refractivity contribution in [1.29, 1.82) is 0 Å². The lowest BCUT2D eigenvalue weighted by Crippen LogP contribution is -2.51. The van der Waals surface area contributed by atoms with Gasteiger partial charge in [0.25, 0.3) is 5.91 Å². The van der Waals surface area contributed by atoms with E-state index in [1.165, 1.54) is 37.7 Å². The number of thiophene rings is 1. The predicted molar refractivity (Wildman–Crippen MR) is 105 cm³/mol. The molecule has 0 spiro atoms. The van der Waals surface area contributed by atoms with E-state index in [4.69, 9.17) is 4.74 Å². The highest BCUT2D eigenvalue weighted by Crippen LogP contribution is 2.40. The number of nitrogens with one attached hydrogen (secondary N) is 1. The van der Waals surface area contributed by atoms with Crippen molar-refractivity contribution in [2.24, 2.45) is 5.92 Å². The van der Waals surface area contributed by atoms with Gasteiger partial charge in [-0.2, -0.15) is 0 Å². The number of carbonyl (C=O) groups excluding carboxylic acids is 2. The Morgan fingerprint density at radius 2 is 1.92 bits per heavy atom. The van der Waals surface area contributed by atoms with E-state index in [2.05, 4.69) is 26.3 Å². The van der Waals surface area contributed by atoms with Crippen LogP contribution in [0.15, 0.2) is 0 Å². The summed E-state index contributed by atoms with van der Waals surface area (Å²) in [6, 6.07) is 0.554. The van der Waals surface area contributed by atoms with E-state index in [0.717, 1.165) is 24.8 Å². The first kappa shape index (κ1) is 19.4. The summed E-state index contributed by atoms with van der Waals surface area (Å²) in [7, 11) is 5.68. The SMILES string of the molecule is COC(=O)c1c(NC(=O)C[N+](C)(C)C2CCCC2)sc2c1CC[C@@H](C)C2. The van der Waals surface area contributed by atoms with E-state index in [9.17, 15) is 9.59 Å². The molecule has 1 heterocycles. The van der Waals surface area contributed by atoms with Crippen LogP contribution in [0.5, 0.6) is 0 Å². The molecule has 3 rings (SSSR count). The summed E-state index contributed by atoms with van der Waals surface area (Å²) in [6.07, 6.45) is 7.84. The standard InChI is InChI=1S/C20H30N2O3S/c1-13-9-10-15-16(11-13)26-19(18(15)20(24)25-4)21-17(23)12-22(2,3)14-7-5-6-8-14/h13-14H,5-12H2,1-4H3/p+1/t13-/m1/s1. The number of hydrogen-bond acceptors (Lipinski definition) is 4. The zero-order chi connectivity index (χ0) is 18.9. The van der Waals surface area contributed by atoms with Gasteiger partial charge in [-0.25, -0.2) is 4.79 Å². The molecular formula is C20H31N2O3S+.